The second-order valence-corrected chi connectivity index (χ2v) is 10.3. The van der Waals surface area contributed by atoms with Crippen molar-refractivity contribution in [1.82, 2.24) is 24.8 Å². The third kappa shape index (κ3) is 5.45. The van der Waals surface area contributed by atoms with E-state index in [1.165, 1.54) is 12.4 Å². The number of carbonyl (C=O) groups excluding carboxylic acids is 3. The van der Waals surface area contributed by atoms with Gasteiger partial charge in [-0.25, -0.2) is 9.97 Å². The summed E-state index contributed by atoms with van der Waals surface area (Å²) in [5.74, 6) is 0.786. The molecule has 206 valence electrons. The van der Waals surface area contributed by atoms with Crippen LogP contribution in [-0.4, -0.2) is 74.3 Å². The van der Waals surface area contributed by atoms with Gasteiger partial charge in [-0.05, 0) is 56.9 Å². The quantitative estimate of drug-likeness (QED) is 0.458. The van der Waals surface area contributed by atoms with Crippen LogP contribution in [0.25, 0.3) is 0 Å². The lowest BCUT2D eigenvalue weighted by Gasteiger charge is -2.34. The van der Waals surface area contributed by atoms with Gasteiger partial charge in [-0.3, -0.25) is 19.4 Å². The van der Waals surface area contributed by atoms with Gasteiger partial charge in [-0.1, -0.05) is 0 Å². The molecule has 2 aromatic heterocycles. The Kier molecular flexibility index (Phi) is 7.02. The van der Waals surface area contributed by atoms with Crippen LogP contribution in [0.5, 0.6) is 17.2 Å². The van der Waals surface area contributed by atoms with Crippen LogP contribution in [0.15, 0.2) is 48.9 Å². The molecule has 1 saturated carbocycles. The summed E-state index contributed by atoms with van der Waals surface area (Å²) in [6.45, 7) is 3.96. The Morgan fingerprint density at radius 3 is 2.38 bits per heavy atom. The summed E-state index contributed by atoms with van der Waals surface area (Å²) in [5.41, 5.74) is 1.33. The molecule has 0 spiro atoms. The lowest BCUT2D eigenvalue weighted by molar-refractivity contribution is -0.136. The van der Waals surface area contributed by atoms with E-state index in [9.17, 15) is 14.4 Å². The molecule has 2 saturated heterocycles. The van der Waals surface area contributed by atoms with Gasteiger partial charge in [-0.15, -0.1) is 0 Å². The summed E-state index contributed by atoms with van der Waals surface area (Å²) in [6.07, 6.45) is 8.68. The molecule has 11 nitrogen and oxygen atoms in total. The summed E-state index contributed by atoms with van der Waals surface area (Å²) in [7, 11) is 0. The molecule has 3 amide bonds. The summed E-state index contributed by atoms with van der Waals surface area (Å²) in [5, 5.41) is 2.73. The van der Waals surface area contributed by atoms with Gasteiger partial charge in [0.25, 0.3) is 17.7 Å². The number of pyridine rings is 1. The molecule has 0 radical (unpaired) electrons. The number of benzene rings is 1. The highest BCUT2D eigenvalue weighted by molar-refractivity contribution is 6.04. The number of anilines is 1. The van der Waals surface area contributed by atoms with E-state index >= 15 is 0 Å². The third-order valence-corrected chi connectivity index (χ3v) is 7.48. The molecule has 1 aromatic carbocycles. The molecule has 6 rings (SSSR count). The van der Waals surface area contributed by atoms with E-state index in [1.807, 2.05) is 11.8 Å². The second-order valence-electron chi connectivity index (χ2n) is 10.3. The van der Waals surface area contributed by atoms with Crippen molar-refractivity contribution >= 4 is 23.5 Å². The summed E-state index contributed by atoms with van der Waals surface area (Å²) < 4.78 is 12.1. The van der Waals surface area contributed by atoms with Crippen LogP contribution in [0.1, 0.15) is 58.6 Å². The topological polar surface area (TPSA) is 127 Å². The summed E-state index contributed by atoms with van der Waals surface area (Å²) >= 11 is 0. The third-order valence-electron chi connectivity index (χ3n) is 7.48. The molecule has 40 heavy (non-hydrogen) atoms. The van der Waals surface area contributed by atoms with Crippen molar-refractivity contribution in [3.05, 3.63) is 65.9 Å². The number of nitrogens with zero attached hydrogens (tertiary/aromatic N) is 5. The molecule has 11 heteroatoms. The van der Waals surface area contributed by atoms with Gasteiger partial charge in [0.2, 0.25) is 0 Å². The second kappa shape index (κ2) is 10.9. The van der Waals surface area contributed by atoms with E-state index in [-0.39, 0.29) is 17.4 Å². The first-order valence-electron chi connectivity index (χ1n) is 13.6. The fraction of sp³-hybridized carbons (Fsp3) is 0.379. The molecule has 2 aliphatic heterocycles. The predicted octanol–water partition coefficient (Wildman–Crippen LogP) is 3.60. The van der Waals surface area contributed by atoms with E-state index < -0.39 is 12.0 Å². The average molecular weight is 543 g/mol. The van der Waals surface area contributed by atoms with Crippen LogP contribution in [0.3, 0.4) is 0 Å². The van der Waals surface area contributed by atoms with Crippen molar-refractivity contribution in [1.29, 1.82) is 0 Å². The maximum absolute atomic E-state index is 13.1. The van der Waals surface area contributed by atoms with Crippen LogP contribution in [0.2, 0.25) is 0 Å². The Labute approximate surface area is 231 Å². The fourth-order valence-electron chi connectivity index (χ4n) is 4.87. The van der Waals surface area contributed by atoms with Crippen LogP contribution < -0.4 is 14.8 Å². The number of aryl methyl sites for hydroxylation is 1. The molecule has 4 heterocycles. The standard InChI is InChI=1S/C29H30N6O5/c1-18-15-32-26(17-30-18)33-27(36)19-12-22(39-21-6-7-24(31-16-21)28(37)34-9-3-10-34)14-23(13-19)40-25-8-11-35(29(25)38)20-4-2-5-20/h6-7,12-17,20,25H,2-5,8-11H2,1H3,(H,32,33,36)/t25-/m0/s1. The van der Waals surface area contributed by atoms with E-state index in [1.54, 1.807) is 41.4 Å². The zero-order chi connectivity index (χ0) is 27.6. The van der Waals surface area contributed by atoms with Gasteiger partial charge >= 0.3 is 0 Å². The first-order chi connectivity index (χ1) is 19.4. The van der Waals surface area contributed by atoms with Gasteiger partial charge in [0.15, 0.2) is 11.9 Å². The van der Waals surface area contributed by atoms with E-state index in [0.29, 0.717) is 47.8 Å². The van der Waals surface area contributed by atoms with Gasteiger partial charge in [-0.2, -0.15) is 0 Å². The zero-order valence-corrected chi connectivity index (χ0v) is 22.2. The van der Waals surface area contributed by atoms with Crippen molar-refractivity contribution < 1.29 is 23.9 Å². The average Bonchev–Trinajstić information content (AvgIpc) is 3.23. The first-order valence-corrected chi connectivity index (χ1v) is 13.6. The van der Waals surface area contributed by atoms with Gasteiger partial charge < -0.3 is 24.6 Å². The largest absolute Gasteiger partial charge is 0.480 e. The number of ether oxygens (including phenoxy) is 2. The maximum atomic E-state index is 13.1. The number of hydrogen-bond acceptors (Lipinski definition) is 8. The fourth-order valence-corrected chi connectivity index (χ4v) is 4.87. The summed E-state index contributed by atoms with van der Waals surface area (Å²) in [6, 6.07) is 8.37. The Hall–Kier alpha value is -4.54. The molecule has 3 aromatic rings. The number of nitrogens with one attached hydrogen (secondary N) is 1. The maximum Gasteiger partial charge on any atom is 0.272 e. The highest BCUT2D eigenvalue weighted by atomic mass is 16.5. The SMILES string of the molecule is Cc1cnc(NC(=O)c2cc(Oc3ccc(C(=O)N4CCC4)nc3)cc(O[C@H]3CCN(C4CCC4)C3=O)c2)cn1. The number of hydrogen-bond donors (Lipinski definition) is 1. The molecular formula is C29H30N6O5. The predicted molar refractivity (Wildman–Crippen MR) is 144 cm³/mol. The van der Waals surface area contributed by atoms with Crippen molar-refractivity contribution in [3.63, 3.8) is 0 Å². The van der Waals surface area contributed by atoms with Gasteiger partial charge in [0.05, 0.1) is 24.3 Å². The van der Waals surface area contributed by atoms with E-state index in [2.05, 4.69) is 20.3 Å². The van der Waals surface area contributed by atoms with Crippen molar-refractivity contribution in [3.8, 4) is 17.2 Å². The number of likely N-dealkylation sites (tertiary alicyclic amines) is 2. The molecule has 0 unspecified atom stereocenters. The number of amides is 3. The molecule has 3 fully saturated rings. The lowest BCUT2D eigenvalue weighted by atomic mass is 9.92. The molecular weight excluding hydrogens is 512 g/mol. The Morgan fingerprint density at radius 2 is 1.73 bits per heavy atom. The zero-order valence-electron chi connectivity index (χ0n) is 22.2. The Bertz CT molecular complexity index is 1420. The first kappa shape index (κ1) is 25.7. The lowest BCUT2D eigenvalue weighted by Crippen LogP contribution is -2.43. The number of aromatic nitrogens is 3. The van der Waals surface area contributed by atoms with E-state index in [4.69, 9.17) is 9.47 Å². The normalized spacial score (nSPS) is 18.6. The smallest absolute Gasteiger partial charge is 0.272 e. The van der Waals surface area contributed by atoms with Crippen LogP contribution in [0.4, 0.5) is 5.82 Å². The van der Waals surface area contributed by atoms with Crippen molar-refractivity contribution in [2.24, 2.45) is 0 Å². The summed E-state index contributed by atoms with van der Waals surface area (Å²) in [4.78, 5) is 54.8. The minimum absolute atomic E-state index is 0.0244. The van der Waals surface area contributed by atoms with E-state index in [0.717, 1.165) is 44.5 Å². The van der Waals surface area contributed by atoms with Gasteiger partial charge in [0, 0.05) is 43.7 Å². The highest BCUT2D eigenvalue weighted by Gasteiger charge is 2.39. The molecule has 1 atom stereocenters. The van der Waals surface area contributed by atoms with Crippen LogP contribution >= 0.6 is 0 Å². The Morgan fingerprint density at radius 1 is 0.900 bits per heavy atom. The molecule has 1 N–H and O–H groups in total. The Balaban J connectivity index is 1.22. The van der Waals surface area contributed by atoms with Crippen LogP contribution in [-0.2, 0) is 4.79 Å². The molecule has 3 aliphatic rings. The highest BCUT2D eigenvalue weighted by Crippen LogP contribution is 2.32. The minimum atomic E-state index is -0.622. The molecule has 1 aliphatic carbocycles. The van der Waals surface area contributed by atoms with Crippen molar-refractivity contribution in [2.45, 2.75) is 51.2 Å². The minimum Gasteiger partial charge on any atom is -0.480 e. The molecule has 0 bridgehead atoms. The van der Waals surface area contributed by atoms with Crippen molar-refractivity contribution in [2.75, 3.05) is 25.0 Å². The van der Waals surface area contributed by atoms with Gasteiger partial charge in [0.1, 0.15) is 22.9 Å². The number of carbonyl (C=O) groups is 3. The monoisotopic (exact) mass is 542 g/mol. The number of rotatable bonds is 8. The van der Waals surface area contributed by atoms with Crippen LogP contribution in [0, 0.1) is 6.92 Å².